The lowest BCUT2D eigenvalue weighted by molar-refractivity contribution is -0.139. The maximum Gasteiger partial charge on any atom is 0.321 e. The number of nitrogens with one attached hydrogen (secondary N) is 1. The van der Waals surface area contributed by atoms with Crippen LogP contribution in [0, 0.1) is 0 Å². The summed E-state index contributed by atoms with van der Waals surface area (Å²) in [6.07, 6.45) is 6.68. The monoisotopic (exact) mass is 191 g/mol. The Balaban J connectivity index is 0.00000121. The van der Waals surface area contributed by atoms with Crippen molar-refractivity contribution < 1.29 is 9.90 Å². The minimum absolute atomic E-state index is 0. The van der Waals surface area contributed by atoms with Crippen LogP contribution in [0.15, 0.2) is 12.2 Å². The van der Waals surface area contributed by atoms with Gasteiger partial charge in [-0.2, -0.15) is 0 Å². The summed E-state index contributed by atoms with van der Waals surface area (Å²) < 4.78 is 0. The number of hydrogen-bond acceptors (Lipinski definition) is 2. The van der Waals surface area contributed by atoms with Gasteiger partial charge in [0, 0.05) is 0 Å². The molecule has 0 aromatic heterocycles. The van der Waals surface area contributed by atoms with Crippen LogP contribution < -0.4 is 5.32 Å². The third-order valence-electron chi connectivity index (χ3n) is 1.77. The van der Waals surface area contributed by atoms with Gasteiger partial charge in [-0.3, -0.25) is 4.79 Å². The van der Waals surface area contributed by atoms with Crippen molar-refractivity contribution in [2.75, 3.05) is 6.54 Å². The van der Waals surface area contributed by atoms with Crippen molar-refractivity contribution in [2.45, 2.75) is 25.3 Å². The zero-order valence-electron chi connectivity index (χ0n) is 6.82. The van der Waals surface area contributed by atoms with Crippen LogP contribution in [0.5, 0.6) is 0 Å². The minimum Gasteiger partial charge on any atom is -0.480 e. The molecule has 2 N–H and O–H groups in total. The first-order valence-corrected chi connectivity index (χ1v) is 3.92. The zero-order valence-corrected chi connectivity index (χ0v) is 7.64. The Morgan fingerprint density at radius 1 is 1.50 bits per heavy atom. The number of hydrogen-bond donors (Lipinski definition) is 2. The quantitative estimate of drug-likeness (QED) is 0.613. The van der Waals surface area contributed by atoms with Gasteiger partial charge in [0.1, 0.15) is 6.04 Å². The van der Waals surface area contributed by atoms with Crippen LogP contribution in [-0.4, -0.2) is 23.7 Å². The lowest BCUT2D eigenvalue weighted by atomic mass is 10.1. The highest BCUT2D eigenvalue weighted by atomic mass is 35.5. The van der Waals surface area contributed by atoms with Gasteiger partial charge in [-0.1, -0.05) is 12.2 Å². The molecule has 0 aromatic carbocycles. The van der Waals surface area contributed by atoms with Crippen molar-refractivity contribution in [1.82, 2.24) is 5.32 Å². The average molecular weight is 192 g/mol. The summed E-state index contributed by atoms with van der Waals surface area (Å²) in [5, 5.41) is 11.6. The number of allylic oxidation sites excluding steroid dienone is 1. The molecule has 1 heterocycles. The van der Waals surface area contributed by atoms with Crippen LogP contribution in [0.4, 0.5) is 0 Å². The van der Waals surface area contributed by atoms with Gasteiger partial charge in [-0.25, -0.2) is 0 Å². The Kier molecular flexibility index (Phi) is 5.76. The smallest absolute Gasteiger partial charge is 0.321 e. The molecule has 4 heteroatoms. The number of carbonyl (C=O) groups is 1. The Bertz CT molecular complexity index is 170. The molecule has 1 atom stereocenters. The van der Waals surface area contributed by atoms with E-state index in [0.29, 0.717) is 6.42 Å². The third kappa shape index (κ3) is 3.74. The zero-order chi connectivity index (χ0) is 8.10. The molecule has 0 aliphatic carbocycles. The van der Waals surface area contributed by atoms with E-state index >= 15 is 0 Å². The molecule has 1 rings (SSSR count). The summed E-state index contributed by atoms with van der Waals surface area (Å²) in [6, 6.07) is -0.383. The molecule has 70 valence electrons. The highest BCUT2D eigenvalue weighted by Gasteiger charge is 2.14. The summed E-state index contributed by atoms with van der Waals surface area (Å²) in [4.78, 5) is 10.5. The Labute approximate surface area is 78.3 Å². The van der Waals surface area contributed by atoms with Gasteiger partial charge in [0.15, 0.2) is 0 Å². The van der Waals surface area contributed by atoms with Gasteiger partial charge >= 0.3 is 5.97 Å². The number of rotatable bonds is 1. The molecule has 12 heavy (non-hydrogen) atoms. The summed E-state index contributed by atoms with van der Waals surface area (Å²) in [7, 11) is 0. The van der Waals surface area contributed by atoms with Gasteiger partial charge in [-0.05, 0) is 25.8 Å². The summed E-state index contributed by atoms with van der Waals surface area (Å²) in [5.74, 6) is -0.753. The number of halogens is 1. The second-order valence-corrected chi connectivity index (χ2v) is 2.69. The molecular weight excluding hydrogens is 178 g/mol. The molecule has 0 fully saturated rings. The molecule has 0 spiro atoms. The van der Waals surface area contributed by atoms with Crippen LogP contribution in [-0.2, 0) is 4.79 Å². The van der Waals surface area contributed by atoms with Crippen LogP contribution >= 0.6 is 12.4 Å². The van der Waals surface area contributed by atoms with Crippen LogP contribution in [0.3, 0.4) is 0 Å². The molecule has 0 saturated heterocycles. The van der Waals surface area contributed by atoms with Crippen molar-refractivity contribution in [2.24, 2.45) is 0 Å². The fourth-order valence-corrected chi connectivity index (χ4v) is 1.12. The van der Waals surface area contributed by atoms with Crippen LogP contribution in [0.2, 0.25) is 0 Å². The lowest BCUT2D eigenvalue weighted by Gasteiger charge is -2.13. The first-order valence-electron chi connectivity index (χ1n) is 3.92. The fourth-order valence-electron chi connectivity index (χ4n) is 1.12. The van der Waals surface area contributed by atoms with Gasteiger partial charge < -0.3 is 10.4 Å². The maximum absolute atomic E-state index is 10.5. The van der Waals surface area contributed by atoms with Gasteiger partial charge in [0.25, 0.3) is 0 Å². The van der Waals surface area contributed by atoms with E-state index in [1.807, 2.05) is 6.08 Å². The highest BCUT2D eigenvalue weighted by molar-refractivity contribution is 5.85. The van der Waals surface area contributed by atoms with Crippen molar-refractivity contribution >= 4 is 18.4 Å². The highest BCUT2D eigenvalue weighted by Crippen LogP contribution is 2.01. The van der Waals surface area contributed by atoms with Crippen molar-refractivity contribution in [1.29, 1.82) is 0 Å². The van der Waals surface area contributed by atoms with Crippen LogP contribution in [0.1, 0.15) is 19.3 Å². The lowest BCUT2D eigenvalue weighted by Crippen LogP contribution is -2.37. The van der Waals surface area contributed by atoms with Crippen molar-refractivity contribution in [3.63, 3.8) is 0 Å². The number of aliphatic carboxylic acids is 1. The summed E-state index contributed by atoms with van der Waals surface area (Å²) >= 11 is 0. The molecule has 0 radical (unpaired) electrons. The fraction of sp³-hybridized carbons (Fsp3) is 0.625. The molecule has 0 aromatic rings. The van der Waals surface area contributed by atoms with E-state index in [2.05, 4.69) is 11.4 Å². The molecule has 0 amide bonds. The molecular formula is C8H14ClNO2. The van der Waals surface area contributed by atoms with Crippen molar-refractivity contribution in [3.05, 3.63) is 12.2 Å². The standard InChI is InChI=1S/C8H13NO2.ClH/c10-8(11)7-5-3-1-2-4-6-9-7;/h1,3,7,9H,2,4-6H2,(H,10,11);1H/b3-1-;/t7-;/m0./s1. The molecule has 0 bridgehead atoms. The van der Waals surface area contributed by atoms with E-state index < -0.39 is 5.97 Å². The molecule has 0 unspecified atom stereocenters. The number of carboxylic acids is 1. The molecule has 3 nitrogen and oxygen atoms in total. The van der Waals surface area contributed by atoms with E-state index in [0.717, 1.165) is 19.4 Å². The second kappa shape index (κ2) is 6.03. The van der Waals surface area contributed by atoms with E-state index in [1.165, 1.54) is 0 Å². The van der Waals surface area contributed by atoms with E-state index in [9.17, 15) is 4.79 Å². The first-order chi connectivity index (χ1) is 5.30. The summed E-state index contributed by atoms with van der Waals surface area (Å²) in [5.41, 5.74) is 0. The van der Waals surface area contributed by atoms with Gasteiger partial charge in [0.05, 0.1) is 0 Å². The van der Waals surface area contributed by atoms with Crippen molar-refractivity contribution in [3.8, 4) is 0 Å². The topological polar surface area (TPSA) is 49.3 Å². The maximum atomic E-state index is 10.5. The van der Waals surface area contributed by atoms with E-state index in [1.54, 1.807) is 0 Å². The largest absolute Gasteiger partial charge is 0.480 e. The molecule has 0 saturated carbocycles. The molecule has 1 aliphatic heterocycles. The molecule has 1 aliphatic rings. The van der Waals surface area contributed by atoms with Crippen LogP contribution in [0.25, 0.3) is 0 Å². The first kappa shape index (κ1) is 11.5. The van der Waals surface area contributed by atoms with E-state index in [-0.39, 0.29) is 18.4 Å². The van der Waals surface area contributed by atoms with Gasteiger partial charge in [0.2, 0.25) is 0 Å². The SMILES string of the molecule is Cl.O=C(O)[C@@H]1C/C=C\CCCN1. The Hall–Kier alpha value is -0.540. The normalized spacial score (nSPS) is 26.2. The van der Waals surface area contributed by atoms with E-state index in [4.69, 9.17) is 5.11 Å². The predicted octanol–water partition coefficient (Wildman–Crippen LogP) is 1.19. The Morgan fingerprint density at radius 3 is 2.92 bits per heavy atom. The minimum atomic E-state index is -0.753. The summed E-state index contributed by atoms with van der Waals surface area (Å²) in [6.45, 7) is 0.807. The Morgan fingerprint density at radius 2 is 2.25 bits per heavy atom. The van der Waals surface area contributed by atoms with Gasteiger partial charge in [-0.15, -0.1) is 12.4 Å². The second-order valence-electron chi connectivity index (χ2n) is 2.69. The third-order valence-corrected chi connectivity index (χ3v) is 1.77. The average Bonchev–Trinajstić information content (AvgIpc) is 1.84. The number of carboxylic acid groups (broad SMARTS) is 1. The predicted molar refractivity (Wildman–Crippen MR) is 49.7 cm³/mol.